The zero-order valence-corrected chi connectivity index (χ0v) is 43.7. The molecule has 3 heterocycles. The third-order valence-electron chi connectivity index (χ3n) is 14.3. The number of pyridine rings is 1. The molecular formula is C63H71N4O+. The summed E-state index contributed by atoms with van der Waals surface area (Å²) in [6.45, 7) is 38.8. The highest BCUT2D eigenvalue weighted by Crippen LogP contribution is 2.53. The first kappa shape index (κ1) is 46.6. The Morgan fingerprint density at radius 1 is 0.544 bits per heavy atom. The minimum absolute atomic E-state index is 0.0374. The van der Waals surface area contributed by atoms with E-state index in [4.69, 9.17) is 9.72 Å². The Morgan fingerprint density at radius 2 is 1.12 bits per heavy atom. The van der Waals surface area contributed by atoms with Crippen LogP contribution in [0.15, 0.2) is 122 Å². The van der Waals surface area contributed by atoms with Gasteiger partial charge in [-0.3, -0.25) is 4.90 Å². The van der Waals surface area contributed by atoms with Crippen molar-refractivity contribution < 1.29 is 9.30 Å². The zero-order chi connectivity index (χ0) is 49.0. The predicted octanol–water partition coefficient (Wildman–Crippen LogP) is 16.6. The number of anilines is 3. The van der Waals surface area contributed by atoms with Crippen LogP contribution in [0, 0.1) is 41.5 Å². The molecular weight excluding hydrogens is 829 g/mol. The van der Waals surface area contributed by atoms with E-state index in [9.17, 15) is 0 Å². The molecule has 0 fully saturated rings. The Bertz CT molecular complexity index is 3260. The first-order chi connectivity index (χ1) is 31.8. The normalized spacial score (nSPS) is 13.8. The number of fused-ring (bicyclic) bond motifs is 3. The standard InChI is InChI=1S/C63H71N4O/c1-38-28-40(3)57(41(4)29-38)48-24-22-46(68-47-23-25-50-54(36-47)67(52-21-19-18-20-49(52)63(50,16)17)56-34-44(26-27-64-56)60(7,8)9)35-53(48)65-37-66(58-42(5)30-39(2)31-43(58)6)59-51(62(13,14)15)32-45(33-55(59)65)61(10,11)12/h18-37H,1-17H3/q+1. The van der Waals surface area contributed by atoms with Crippen LogP contribution in [0.4, 0.5) is 17.2 Å². The van der Waals surface area contributed by atoms with E-state index in [1.54, 1.807) is 0 Å². The van der Waals surface area contributed by atoms with Crippen LogP contribution in [0.3, 0.4) is 0 Å². The van der Waals surface area contributed by atoms with Crippen LogP contribution in [0.1, 0.15) is 137 Å². The lowest BCUT2D eigenvalue weighted by atomic mass is 9.73. The van der Waals surface area contributed by atoms with Gasteiger partial charge in [0, 0.05) is 34.9 Å². The number of aromatic nitrogens is 3. The Hall–Kier alpha value is -6.46. The topological polar surface area (TPSA) is 34.2 Å². The van der Waals surface area contributed by atoms with E-state index < -0.39 is 0 Å². The van der Waals surface area contributed by atoms with Gasteiger partial charge in [0.1, 0.15) is 28.7 Å². The molecule has 0 spiro atoms. The quantitative estimate of drug-likeness (QED) is 0.156. The minimum atomic E-state index is -0.252. The number of para-hydroxylation sites is 1. The molecule has 348 valence electrons. The van der Waals surface area contributed by atoms with Crippen molar-refractivity contribution in [2.45, 2.75) is 139 Å². The molecule has 8 aromatic rings. The summed E-state index contributed by atoms with van der Waals surface area (Å²) in [5.74, 6) is 2.42. The lowest BCUT2D eigenvalue weighted by Gasteiger charge is -2.41. The molecule has 5 nitrogen and oxygen atoms in total. The number of ether oxygens (including phenoxy) is 1. The van der Waals surface area contributed by atoms with Crippen LogP contribution in [-0.4, -0.2) is 9.55 Å². The summed E-state index contributed by atoms with van der Waals surface area (Å²) in [5, 5.41) is 0. The molecule has 1 aliphatic heterocycles. The maximum atomic E-state index is 7.14. The molecule has 0 aliphatic carbocycles. The van der Waals surface area contributed by atoms with Gasteiger partial charge < -0.3 is 4.74 Å². The first-order valence-corrected chi connectivity index (χ1v) is 24.4. The fraction of sp³-hybridized carbons (Fsp3) is 0.333. The van der Waals surface area contributed by atoms with Gasteiger partial charge >= 0.3 is 0 Å². The van der Waals surface area contributed by atoms with Crippen molar-refractivity contribution in [1.82, 2.24) is 9.55 Å². The maximum Gasteiger partial charge on any atom is 0.255 e. The molecule has 0 radical (unpaired) electrons. The Kier molecular flexibility index (Phi) is 11.2. The molecule has 0 bridgehead atoms. The first-order valence-electron chi connectivity index (χ1n) is 24.4. The number of benzene rings is 6. The average molecular weight is 900 g/mol. The average Bonchev–Trinajstić information content (AvgIpc) is 3.61. The highest BCUT2D eigenvalue weighted by molar-refractivity contribution is 5.87. The van der Waals surface area contributed by atoms with Crippen molar-refractivity contribution in [2.24, 2.45) is 0 Å². The van der Waals surface area contributed by atoms with Crippen molar-refractivity contribution in [3.63, 3.8) is 0 Å². The van der Waals surface area contributed by atoms with Crippen molar-refractivity contribution in [2.75, 3.05) is 4.90 Å². The number of imidazole rings is 1. The highest BCUT2D eigenvalue weighted by Gasteiger charge is 2.38. The van der Waals surface area contributed by atoms with Gasteiger partial charge in [0.2, 0.25) is 0 Å². The van der Waals surface area contributed by atoms with Crippen molar-refractivity contribution in [3.05, 3.63) is 183 Å². The summed E-state index contributed by atoms with van der Waals surface area (Å²) in [6.07, 6.45) is 4.29. The third-order valence-corrected chi connectivity index (χ3v) is 14.3. The summed E-state index contributed by atoms with van der Waals surface area (Å²) < 4.78 is 12.1. The summed E-state index contributed by atoms with van der Waals surface area (Å²) in [7, 11) is 0. The number of rotatable bonds is 6. The monoisotopic (exact) mass is 900 g/mol. The Morgan fingerprint density at radius 3 is 1.74 bits per heavy atom. The van der Waals surface area contributed by atoms with Crippen molar-refractivity contribution >= 4 is 28.2 Å². The molecule has 5 heteroatoms. The third kappa shape index (κ3) is 8.12. The summed E-state index contributed by atoms with van der Waals surface area (Å²) in [6, 6.07) is 40.6. The van der Waals surface area contributed by atoms with E-state index in [-0.39, 0.29) is 21.7 Å². The second kappa shape index (κ2) is 16.4. The molecule has 9 rings (SSSR count). The van der Waals surface area contributed by atoms with Crippen LogP contribution < -0.4 is 14.2 Å². The van der Waals surface area contributed by atoms with Gasteiger partial charge in [0.25, 0.3) is 6.33 Å². The second-order valence-electron chi connectivity index (χ2n) is 23.4. The SMILES string of the molecule is Cc1cc(C)c(-c2ccc(Oc3ccc4c(c3)N(c3cc(C(C)(C)C)ccn3)c3ccccc3C4(C)C)cc2-n2c[n+](-c3c(C)cc(C)cc3C)c3c(C(C)(C)C)cc(C(C)(C)C)cc32)c(C)c1. The summed E-state index contributed by atoms with van der Waals surface area (Å²) in [5.41, 5.74) is 22.6. The van der Waals surface area contributed by atoms with Gasteiger partial charge in [-0.2, -0.15) is 9.13 Å². The molecule has 6 aromatic carbocycles. The zero-order valence-electron chi connectivity index (χ0n) is 43.7. The second-order valence-corrected chi connectivity index (χ2v) is 23.4. The van der Waals surface area contributed by atoms with Crippen LogP contribution in [0.2, 0.25) is 0 Å². The Labute approximate surface area is 406 Å². The predicted molar refractivity (Wildman–Crippen MR) is 286 cm³/mol. The van der Waals surface area contributed by atoms with Gasteiger partial charge in [-0.25, -0.2) is 4.98 Å². The highest BCUT2D eigenvalue weighted by atomic mass is 16.5. The van der Waals surface area contributed by atoms with Crippen LogP contribution >= 0.6 is 0 Å². The minimum Gasteiger partial charge on any atom is -0.457 e. The molecule has 1 aliphatic rings. The van der Waals surface area contributed by atoms with E-state index in [0.717, 1.165) is 45.5 Å². The van der Waals surface area contributed by atoms with Crippen LogP contribution in [0.25, 0.3) is 33.5 Å². The Balaban J connectivity index is 1.30. The van der Waals surface area contributed by atoms with E-state index in [1.165, 1.54) is 78.0 Å². The van der Waals surface area contributed by atoms with Gasteiger partial charge in [0.15, 0.2) is 11.0 Å². The summed E-state index contributed by atoms with van der Waals surface area (Å²) >= 11 is 0. The van der Waals surface area contributed by atoms with Gasteiger partial charge in [-0.05, 0) is 150 Å². The van der Waals surface area contributed by atoms with E-state index >= 15 is 0 Å². The summed E-state index contributed by atoms with van der Waals surface area (Å²) in [4.78, 5) is 7.35. The van der Waals surface area contributed by atoms with E-state index in [1.807, 2.05) is 6.20 Å². The molecule has 0 amide bonds. The van der Waals surface area contributed by atoms with Gasteiger partial charge in [-0.15, -0.1) is 0 Å². The number of hydrogen-bond acceptors (Lipinski definition) is 3. The van der Waals surface area contributed by atoms with Gasteiger partial charge in [0.05, 0.1) is 11.4 Å². The smallest absolute Gasteiger partial charge is 0.255 e. The van der Waals surface area contributed by atoms with Crippen LogP contribution in [-0.2, 0) is 21.7 Å². The molecule has 2 aromatic heterocycles. The molecule has 0 saturated heterocycles. The maximum absolute atomic E-state index is 7.14. The van der Waals surface area contributed by atoms with Crippen molar-refractivity contribution in [1.29, 1.82) is 0 Å². The lowest BCUT2D eigenvalue weighted by molar-refractivity contribution is -0.569. The van der Waals surface area contributed by atoms with E-state index in [0.29, 0.717) is 0 Å². The molecule has 0 unspecified atom stereocenters. The number of hydrogen-bond donors (Lipinski definition) is 0. The fourth-order valence-corrected chi connectivity index (χ4v) is 11.0. The van der Waals surface area contributed by atoms with Gasteiger partial charge in [-0.1, -0.05) is 142 Å². The molecule has 0 atom stereocenters. The molecule has 68 heavy (non-hydrogen) atoms. The number of aryl methyl sites for hydroxylation is 6. The largest absolute Gasteiger partial charge is 0.457 e. The fourth-order valence-electron chi connectivity index (χ4n) is 11.0. The number of nitrogens with zero attached hydrogens (tertiary/aromatic N) is 4. The van der Waals surface area contributed by atoms with Crippen molar-refractivity contribution in [3.8, 4) is 34.0 Å². The molecule has 0 saturated carbocycles. The van der Waals surface area contributed by atoms with E-state index in [2.05, 4.69) is 247 Å². The lowest BCUT2D eigenvalue weighted by Crippen LogP contribution is -2.34. The molecule has 0 N–H and O–H groups in total. The van der Waals surface area contributed by atoms with Crippen LogP contribution in [0.5, 0.6) is 11.5 Å².